The van der Waals surface area contributed by atoms with Gasteiger partial charge in [0, 0.05) is 5.92 Å². The minimum atomic E-state index is -1.08. The molecule has 0 saturated heterocycles. The molecule has 1 N–H and O–H groups in total. The van der Waals surface area contributed by atoms with E-state index in [-0.39, 0.29) is 11.3 Å². The summed E-state index contributed by atoms with van der Waals surface area (Å²) in [6, 6.07) is 7.84. The molecule has 0 bridgehead atoms. The van der Waals surface area contributed by atoms with Gasteiger partial charge >= 0.3 is 0 Å². The largest absolute Gasteiger partial charge is 0.387 e. The number of aliphatic hydroxyl groups is 1. The van der Waals surface area contributed by atoms with Crippen LogP contribution in [0.25, 0.3) is 11.0 Å². The zero-order valence-electron chi connectivity index (χ0n) is 19.6. The minimum Gasteiger partial charge on any atom is -0.387 e. The van der Waals surface area contributed by atoms with Gasteiger partial charge < -0.3 is 5.11 Å². The van der Waals surface area contributed by atoms with E-state index in [1.165, 1.54) is 12.8 Å². The Morgan fingerprint density at radius 1 is 1.09 bits per heavy atom. The van der Waals surface area contributed by atoms with Crippen molar-refractivity contribution in [3.8, 4) is 0 Å². The molecule has 6 heteroatoms. The number of alkyl halides is 1. The third-order valence-electron chi connectivity index (χ3n) is 10.5. The standard InChI is InChI=1S/C27H36FN3O2/c1-26-12-10-19-18-11-13-27(33,16-28)14-17(18)6-7-20(19)21(26)8-9-22(26)25(32)15-31-24-5-3-2-4-23(24)29-30-31/h2-5,17-22,33H,6-16H2,1H3/t17-,18-,19+,20+,21-,22+,26-,27+/m0/s1. The van der Waals surface area contributed by atoms with E-state index in [0.717, 1.165) is 43.1 Å². The van der Waals surface area contributed by atoms with Gasteiger partial charge in [-0.15, -0.1) is 5.10 Å². The Hall–Kier alpha value is -1.82. The number of nitrogens with zero attached hydrogens (tertiary/aromatic N) is 3. The summed E-state index contributed by atoms with van der Waals surface area (Å²) in [6.07, 6.45) is 8.97. The van der Waals surface area contributed by atoms with Crippen LogP contribution in [0, 0.1) is 40.9 Å². The van der Waals surface area contributed by atoms with Crippen LogP contribution >= 0.6 is 0 Å². The van der Waals surface area contributed by atoms with Gasteiger partial charge in [0.05, 0.1) is 11.1 Å². The molecule has 178 valence electrons. The van der Waals surface area contributed by atoms with Crippen LogP contribution in [0.4, 0.5) is 4.39 Å². The molecular weight excluding hydrogens is 417 g/mol. The van der Waals surface area contributed by atoms with Crippen LogP contribution in [-0.2, 0) is 11.3 Å². The average Bonchev–Trinajstić information content (AvgIpc) is 3.39. The summed E-state index contributed by atoms with van der Waals surface area (Å²) in [5.74, 6) is 3.52. The molecule has 0 unspecified atom stereocenters. The topological polar surface area (TPSA) is 68.0 Å². The lowest BCUT2D eigenvalue weighted by Crippen LogP contribution is -2.52. The van der Waals surface area contributed by atoms with Gasteiger partial charge in [-0.3, -0.25) is 4.79 Å². The van der Waals surface area contributed by atoms with E-state index in [4.69, 9.17) is 0 Å². The van der Waals surface area contributed by atoms with Gasteiger partial charge in [-0.1, -0.05) is 24.3 Å². The monoisotopic (exact) mass is 453 g/mol. The van der Waals surface area contributed by atoms with E-state index in [1.807, 2.05) is 24.3 Å². The van der Waals surface area contributed by atoms with Crippen LogP contribution in [0.5, 0.6) is 0 Å². The number of para-hydroxylation sites is 1. The molecule has 5 nitrogen and oxygen atoms in total. The first-order chi connectivity index (χ1) is 15.9. The van der Waals surface area contributed by atoms with E-state index >= 15 is 0 Å². The van der Waals surface area contributed by atoms with Crippen molar-refractivity contribution in [2.24, 2.45) is 40.9 Å². The van der Waals surface area contributed by atoms with Crippen LogP contribution in [0.2, 0.25) is 0 Å². The molecule has 1 aromatic carbocycles. The molecule has 6 rings (SSSR count). The summed E-state index contributed by atoms with van der Waals surface area (Å²) in [6.45, 7) is 2.10. The summed E-state index contributed by atoms with van der Waals surface area (Å²) < 4.78 is 15.2. The molecule has 1 heterocycles. The molecule has 4 aliphatic rings. The highest BCUT2D eigenvalue weighted by molar-refractivity contribution is 5.84. The molecule has 0 amide bonds. The molecular formula is C27H36FN3O2. The molecule has 33 heavy (non-hydrogen) atoms. The van der Waals surface area contributed by atoms with Crippen molar-refractivity contribution in [2.45, 2.75) is 76.9 Å². The van der Waals surface area contributed by atoms with Gasteiger partial charge in [0.2, 0.25) is 0 Å². The van der Waals surface area contributed by atoms with Crippen molar-refractivity contribution >= 4 is 16.8 Å². The third kappa shape index (κ3) is 3.38. The maximum atomic E-state index is 13.6. The lowest BCUT2D eigenvalue weighted by Gasteiger charge is -2.56. The summed E-state index contributed by atoms with van der Waals surface area (Å²) in [7, 11) is 0. The van der Waals surface area contributed by atoms with Crippen LogP contribution in [0.1, 0.15) is 64.7 Å². The van der Waals surface area contributed by atoms with Crippen molar-refractivity contribution in [1.29, 1.82) is 0 Å². The molecule has 2 aromatic rings. The molecule has 0 radical (unpaired) electrons. The summed E-state index contributed by atoms with van der Waals surface area (Å²) in [4.78, 5) is 13.6. The molecule has 8 atom stereocenters. The van der Waals surface area contributed by atoms with Gasteiger partial charge in [0.25, 0.3) is 0 Å². The van der Waals surface area contributed by atoms with E-state index < -0.39 is 12.3 Å². The Morgan fingerprint density at radius 3 is 2.76 bits per heavy atom. The number of halogens is 1. The highest BCUT2D eigenvalue weighted by atomic mass is 19.1. The second-order valence-corrected chi connectivity index (χ2v) is 11.9. The Balaban J connectivity index is 1.19. The number of aromatic nitrogens is 3. The molecule has 0 aliphatic heterocycles. The van der Waals surface area contributed by atoms with Crippen molar-refractivity contribution in [2.75, 3.05) is 6.67 Å². The van der Waals surface area contributed by atoms with Crippen LogP contribution < -0.4 is 0 Å². The van der Waals surface area contributed by atoms with Gasteiger partial charge in [-0.2, -0.15) is 0 Å². The highest BCUT2D eigenvalue weighted by Gasteiger charge is 2.59. The molecule has 4 fully saturated rings. The van der Waals surface area contributed by atoms with Gasteiger partial charge in [0.15, 0.2) is 5.78 Å². The van der Waals surface area contributed by atoms with Gasteiger partial charge in [-0.05, 0) is 105 Å². The number of ketones is 1. The fraction of sp³-hybridized carbons (Fsp3) is 0.741. The zero-order valence-corrected chi connectivity index (χ0v) is 19.6. The Kier molecular flexibility index (Phi) is 5.17. The second kappa shape index (κ2) is 7.86. The zero-order chi connectivity index (χ0) is 22.8. The smallest absolute Gasteiger partial charge is 0.157 e. The Labute approximate surface area is 195 Å². The van der Waals surface area contributed by atoms with E-state index in [1.54, 1.807) is 4.68 Å². The van der Waals surface area contributed by atoms with Crippen molar-refractivity contribution in [3.63, 3.8) is 0 Å². The molecule has 0 spiro atoms. The number of carbonyl (C=O) groups excluding carboxylic acids is 1. The Morgan fingerprint density at radius 2 is 1.91 bits per heavy atom. The van der Waals surface area contributed by atoms with Crippen molar-refractivity contribution < 1.29 is 14.3 Å². The average molecular weight is 454 g/mol. The van der Waals surface area contributed by atoms with Crippen LogP contribution in [0.3, 0.4) is 0 Å². The first-order valence-electron chi connectivity index (χ1n) is 13.0. The van der Waals surface area contributed by atoms with Crippen LogP contribution in [-0.4, -0.2) is 38.2 Å². The van der Waals surface area contributed by atoms with E-state index in [2.05, 4.69) is 17.2 Å². The van der Waals surface area contributed by atoms with Crippen LogP contribution in [0.15, 0.2) is 24.3 Å². The number of carbonyl (C=O) groups is 1. The van der Waals surface area contributed by atoms with Crippen molar-refractivity contribution in [1.82, 2.24) is 15.0 Å². The molecule has 4 saturated carbocycles. The number of hydrogen-bond acceptors (Lipinski definition) is 4. The minimum absolute atomic E-state index is 0.0792. The quantitative estimate of drug-likeness (QED) is 0.710. The number of fused-ring (bicyclic) bond motifs is 6. The van der Waals surface area contributed by atoms with E-state index in [0.29, 0.717) is 54.8 Å². The fourth-order valence-corrected chi connectivity index (χ4v) is 8.90. The maximum Gasteiger partial charge on any atom is 0.157 e. The third-order valence-corrected chi connectivity index (χ3v) is 10.5. The summed E-state index contributed by atoms with van der Waals surface area (Å²) in [5, 5.41) is 19.0. The lowest BCUT2D eigenvalue weighted by molar-refractivity contribution is -0.134. The predicted octanol–water partition coefficient (Wildman–Crippen LogP) is 4.97. The van der Waals surface area contributed by atoms with Gasteiger partial charge in [0.1, 0.15) is 18.7 Å². The second-order valence-electron chi connectivity index (χ2n) is 11.9. The number of rotatable bonds is 4. The molecule has 4 aliphatic carbocycles. The lowest BCUT2D eigenvalue weighted by atomic mass is 9.49. The summed E-state index contributed by atoms with van der Waals surface area (Å²) >= 11 is 0. The molecule has 1 aromatic heterocycles. The predicted molar refractivity (Wildman–Crippen MR) is 124 cm³/mol. The maximum absolute atomic E-state index is 13.6. The number of benzene rings is 1. The Bertz CT molecular complexity index is 1050. The first-order valence-corrected chi connectivity index (χ1v) is 13.0. The number of Topliss-reactive ketones (excluding diaryl/α,β-unsaturated/α-hetero) is 1. The normalized spacial score (nSPS) is 42.5. The van der Waals surface area contributed by atoms with Crippen molar-refractivity contribution in [3.05, 3.63) is 24.3 Å². The SMILES string of the molecule is C[C@]12CC[C@H]3[C@@H](CC[C@H]4C[C@@](O)(CF)CC[C@@H]43)[C@@H]1CC[C@@H]2C(=O)Cn1nnc2ccccc21. The van der Waals surface area contributed by atoms with Gasteiger partial charge in [-0.25, -0.2) is 9.07 Å². The highest BCUT2D eigenvalue weighted by Crippen LogP contribution is 2.64. The first kappa shape index (κ1) is 21.7. The fourth-order valence-electron chi connectivity index (χ4n) is 8.90. The van der Waals surface area contributed by atoms with E-state index in [9.17, 15) is 14.3 Å². The number of hydrogen-bond donors (Lipinski definition) is 1. The summed E-state index contributed by atoms with van der Waals surface area (Å²) in [5.41, 5.74) is 0.770.